The van der Waals surface area contributed by atoms with Crippen LogP contribution in [0.25, 0.3) is 0 Å². The Bertz CT molecular complexity index is 806. The fourth-order valence-corrected chi connectivity index (χ4v) is 4.89. The van der Waals surface area contributed by atoms with Gasteiger partial charge in [0.25, 0.3) is 0 Å². The van der Waals surface area contributed by atoms with Crippen LogP contribution >= 0.6 is 17.0 Å². The third-order valence-electron chi connectivity index (χ3n) is 6.77. The number of benzene rings is 2. The summed E-state index contributed by atoms with van der Waals surface area (Å²) in [7, 11) is 6.32. The lowest BCUT2D eigenvalue weighted by molar-refractivity contribution is -0.933. The van der Waals surface area contributed by atoms with E-state index in [1.165, 1.54) is 0 Å². The number of piperidine rings is 1. The van der Waals surface area contributed by atoms with Crippen molar-refractivity contribution in [3.63, 3.8) is 0 Å². The normalized spacial score (nSPS) is 26.2. The van der Waals surface area contributed by atoms with Gasteiger partial charge in [0.1, 0.15) is 12.1 Å². The lowest BCUT2D eigenvalue weighted by Gasteiger charge is -2.43. The first-order valence-electron chi connectivity index (χ1n) is 10.3. The molecule has 2 aliphatic heterocycles. The van der Waals surface area contributed by atoms with Crippen molar-refractivity contribution >= 4 is 23.0 Å². The number of carboxylic acids is 1. The van der Waals surface area contributed by atoms with Crippen LogP contribution in [0.1, 0.15) is 30.4 Å². The molecule has 0 aromatic heterocycles. The zero-order valence-electron chi connectivity index (χ0n) is 18.2. The number of aliphatic hydroxyl groups excluding tert-OH is 1. The minimum Gasteiger partial charge on any atom is -0.546 e. The zero-order chi connectivity index (χ0) is 21.9. The van der Waals surface area contributed by atoms with Crippen molar-refractivity contribution in [2.24, 2.45) is 0 Å². The van der Waals surface area contributed by atoms with Crippen molar-refractivity contribution < 1.29 is 29.3 Å². The minimum absolute atomic E-state index is 0. The average molecular weight is 494 g/mol. The first-order chi connectivity index (χ1) is 14.2. The summed E-state index contributed by atoms with van der Waals surface area (Å²) >= 11 is 0. The number of nitrogens with zero attached hydrogens (tertiary/aromatic N) is 1. The second kappa shape index (κ2) is 10.2. The third kappa shape index (κ3) is 5.02. The van der Waals surface area contributed by atoms with Crippen LogP contribution in [0.2, 0.25) is 0 Å². The number of aliphatic carboxylic acids is 1. The van der Waals surface area contributed by atoms with Gasteiger partial charge in [-0.2, -0.15) is 0 Å². The Labute approximate surface area is 194 Å². The number of ether oxygens (including phenoxy) is 1. The standard InChI is InChI=1S/C14H12O3.C10H20NO2.BrH/c15-13(16)14(17,11-7-3-1-4-8-11)12-9-5-2-6-10-12;1-11(2)7-4-8(12)6-9(11)10(5-7)13-3;/h1-10,17H,(H,15,16);7-10,12H,4-6H2,1-3H3;1H/q;+1;/p-1/t;7-,8+,9+,10?;/m.1./s1. The van der Waals surface area contributed by atoms with Gasteiger partial charge in [-0.15, -0.1) is 17.0 Å². The molecule has 31 heavy (non-hydrogen) atoms. The number of halogens is 1. The van der Waals surface area contributed by atoms with Crippen LogP contribution in [0, 0.1) is 0 Å². The van der Waals surface area contributed by atoms with Gasteiger partial charge in [0.15, 0.2) is 5.60 Å². The van der Waals surface area contributed by atoms with Gasteiger partial charge >= 0.3 is 0 Å². The first-order valence-corrected chi connectivity index (χ1v) is 10.3. The number of likely N-dealkylation sites (N-methyl/N-ethyl adjacent to an activating group) is 1. The average Bonchev–Trinajstić information content (AvgIpc) is 2.88. The smallest absolute Gasteiger partial charge is 0.154 e. The highest BCUT2D eigenvalue weighted by atomic mass is 79.9. The van der Waals surface area contributed by atoms with Crippen molar-refractivity contribution in [2.45, 2.75) is 49.2 Å². The molecular formula is C24H32BrNO5. The van der Waals surface area contributed by atoms with Crippen molar-refractivity contribution in [3.8, 4) is 0 Å². The van der Waals surface area contributed by atoms with Gasteiger partial charge in [-0.25, -0.2) is 0 Å². The van der Waals surface area contributed by atoms with E-state index in [4.69, 9.17) is 4.74 Å². The van der Waals surface area contributed by atoms with Crippen LogP contribution in [0.15, 0.2) is 60.7 Å². The van der Waals surface area contributed by atoms with Gasteiger partial charge in [-0.3, -0.25) is 0 Å². The molecule has 0 radical (unpaired) electrons. The molecule has 1 unspecified atom stereocenters. The highest BCUT2D eigenvalue weighted by Crippen LogP contribution is 2.40. The summed E-state index contributed by atoms with van der Waals surface area (Å²) in [6, 6.07) is 17.5. The number of quaternary nitrogens is 1. The maximum Gasteiger partial charge on any atom is 0.154 e. The summed E-state index contributed by atoms with van der Waals surface area (Å²) in [4.78, 5) is 11.3. The second-order valence-corrected chi connectivity index (χ2v) is 8.72. The van der Waals surface area contributed by atoms with E-state index >= 15 is 0 Å². The van der Waals surface area contributed by atoms with Gasteiger partial charge in [-0.05, 0) is 11.1 Å². The molecular weight excluding hydrogens is 462 g/mol. The topological polar surface area (TPSA) is 89.8 Å². The maximum atomic E-state index is 11.3. The molecule has 4 atom stereocenters. The molecule has 170 valence electrons. The Morgan fingerprint density at radius 3 is 1.90 bits per heavy atom. The quantitative estimate of drug-likeness (QED) is 0.631. The van der Waals surface area contributed by atoms with Gasteiger partial charge in [0, 0.05) is 26.4 Å². The molecule has 4 rings (SSSR count). The summed E-state index contributed by atoms with van der Waals surface area (Å²) in [5.41, 5.74) is -1.54. The van der Waals surface area contributed by atoms with E-state index in [0.717, 1.165) is 23.7 Å². The summed E-state index contributed by atoms with van der Waals surface area (Å²) in [6.07, 6.45) is 3.23. The van der Waals surface area contributed by atoms with E-state index in [0.29, 0.717) is 18.2 Å². The van der Waals surface area contributed by atoms with Crippen LogP contribution in [0.4, 0.5) is 0 Å². The Morgan fingerprint density at radius 2 is 1.48 bits per heavy atom. The number of hydrogen-bond donors (Lipinski definition) is 2. The molecule has 2 aromatic carbocycles. The Kier molecular flexibility index (Phi) is 8.41. The van der Waals surface area contributed by atoms with E-state index in [2.05, 4.69) is 14.1 Å². The molecule has 0 amide bonds. The van der Waals surface area contributed by atoms with Crippen molar-refractivity contribution in [2.75, 3.05) is 21.2 Å². The van der Waals surface area contributed by atoms with E-state index < -0.39 is 11.6 Å². The fraction of sp³-hybridized carbons (Fsp3) is 0.458. The van der Waals surface area contributed by atoms with E-state index in [-0.39, 0.29) is 34.2 Å². The monoisotopic (exact) mass is 493 g/mol. The third-order valence-corrected chi connectivity index (χ3v) is 6.77. The minimum atomic E-state index is -2.11. The van der Waals surface area contributed by atoms with Gasteiger partial charge < -0.3 is 29.3 Å². The number of carboxylic acid groups (broad SMARTS) is 1. The molecule has 2 fully saturated rings. The van der Waals surface area contributed by atoms with E-state index in [9.17, 15) is 20.1 Å². The van der Waals surface area contributed by atoms with Gasteiger partial charge in [0.05, 0.1) is 32.2 Å². The molecule has 2 aliphatic rings. The largest absolute Gasteiger partial charge is 0.546 e. The number of rotatable bonds is 4. The van der Waals surface area contributed by atoms with Crippen molar-refractivity contribution in [1.82, 2.24) is 0 Å². The SMILES string of the molecule is Br.COC1C[C@H]2C[C@H](O)C[C@@H]1[N+]2(C)C.O=C([O-])C(O)(c1ccccc1)c1ccccc1. The Hall–Kier alpha value is -1.77. The van der Waals surface area contributed by atoms with Crippen LogP contribution in [-0.4, -0.2) is 66.2 Å². The summed E-state index contributed by atoms with van der Waals surface area (Å²) in [5, 5.41) is 31.3. The molecule has 0 aliphatic carbocycles. The molecule has 0 spiro atoms. The number of fused-ring (bicyclic) bond motifs is 2. The number of hydrogen-bond acceptors (Lipinski definition) is 5. The zero-order valence-corrected chi connectivity index (χ0v) is 19.9. The molecule has 2 N–H and O–H groups in total. The molecule has 2 saturated heterocycles. The van der Waals surface area contributed by atoms with Crippen LogP contribution in [0.5, 0.6) is 0 Å². The van der Waals surface area contributed by atoms with Crippen molar-refractivity contribution in [1.29, 1.82) is 0 Å². The second-order valence-electron chi connectivity index (χ2n) is 8.72. The Morgan fingerprint density at radius 1 is 1.00 bits per heavy atom. The molecule has 2 aromatic rings. The molecule has 6 nitrogen and oxygen atoms in total. The Balaban J connectivity index is 0.000000220. The highest BCUT2D eigenvalue weighted by molar-refractivity contribution is 8.93. The predicted molar refractivity (Wildman–Crippen MR) is 122 cm³/mol. The number of aliphatic hydroxyl groups is 2. The van der Waals surface area contributed by atoms with Gasteiger partial charge in [-0.1, -0.05) is 60.7 Å². The lowest BCUT2D eigenvalue weighted by atomic mass is 9.86. The van der Waals surface area contributed by atoms with E-state index in [1.807, 2.05) is 0 Å². The molecule has 7 heteroatoms. The summed E-state index contributed by atoms with van der Waals surface area (Å²) < 4.78 is 6.52. The lowest BCUT2D eigenvalue weighted by Crippen LogP contribution is -2.57. The summed E-state index contributed by atoms with van der Waals surface area (Å²) in [5.74, 6) is -1.53. The van der Waals surface area contributed by atoms with Crippen LogP contribution in [0.3, 0.4) is 0 Å². The first kappa shape index (κ1) is 25.5. The molecule has 0 saturated carbocycles. The summed E-state index contributed by atoms with van der Waals surface area (Å²) in [6.45, 7) is 0. The van der Waals surface area contributed by atoms with Crippen molar-refractivity contribution in [3.05, 3.63) is 71.8 Å². The highest BCUT2D eigenvalue weighted by Gasteiger charge is 2.54. The van der Waals surface area contributed by atoms with Crippen LogP contribution < -0.4 is 5.11 Å². The molecule has 2 heterocycles. The fourth-order valence-electron chi connectivity index (χ4n) is 4.89. The maximum absolute atomic E-state index is 11.3. The number of carbonyl (C=O) groups excluding carboxylic acids is 1. The van der Waals surface area contributed by atoms with Gasteiger partial charge in [0.2, 0.25) is 0 Å². The number of methoxy groups -OCH3 is 1. The van der Waals surface area contributed by atoms with E-state index in [1.54, 1.807) is 67.8 Å². The predicted octanol–water partition coefficient (Wildman–Crippen LogP) is 1.62. The number of carbonyl (C=O) groups is 1. The molecule has 2 bridgehead atoms. The van der Waals surface area contributed by atoms with Crippen LogP contribution in [-0.2, 0) is 15.1 Å².